The standard InChI is InChI=1S/C27H23N3O2S/c1-17-8-9-18(2)30(17)21-13-10-19(11-14-21)26(31)28-20-12-15-23-25(16-20)33-24-7-5-4-6-22(24)27(32)29(23)3/h4-16H,1-3H3,(H,28,31). The molecule has 0 saturated heterocycles. The summed E-state index contributed by atoms with van der Waals surface area (Å²) in [6.07, 6.45) is 0. The van der Waals surface area contributed by atoms with E-state index in [0.29, 0.717) is 16.8 Å². The van der Waals surface area contributed by atoms with Crippen LogP contribution in [0.5, 0.6) is 0 Å². The Morgan fingerprint density at radius 1 is 0.848 bits per heavy atom. The first-order valence-corrected chi connectivity index (χ1v) is 11.5. The van der Waals surface area contributed by atoms with Crippen LogP contribution in [0.2, 0.25) is 0 Å². The first kappa shape index (κ1) is 21.1. The molecule has 0 radical (unpaired) electrons. The maximum absolute atomic E-state index is 12.9. The van der Waals surface area contributed by atoms with E-state index in [4.69, 9.17) is 0 Å². The normalized spacial score (nSPS) is 12.7. The molecule has 0 atom stereocenters. The molecule has 3 aromatic carbocycles. The Morgan fingerprint density at radius 3 is 2.27 bits per heavy atom. The Kier molecular flexibility index (Phi) is 5.30. The molecule has 6 heteroatoms. The number of anilines is 2. The Bertz CT molecular complexity index is 1370. The first-order chi connectivity index (χ1) is 15.9. The lowest BCUT2D eigenvalue weighted by atomic mass is 10.1. The van der Waals surface area contributed by atoms with Crippen molar-refractivity contribution < 1.29 is 9.59 Å². The summed E-state index contributed by atoms with van der Waals surface area (Å²) in [4.78, 5) is 29.2. The molecule has 1 aliphatic rings. The second-order valence-corrected chi connectivity index (χ2v) is 9.18. The molecule has 1 aliphatic heterocycles. The van der Waals surface area contributed by atoms with E-state index in [1.165, 1.54) is 11.8 Å². The van der Waals surface area contributed by atoms with E-state index in [2.05, 4.69) is 35.9 Å². The van der Waals surface area contributed by atoms with Crippen molar-refractivity contribution >= 4 is 35.0 Å². The molecule has 0 bridgehead atoms. The molecule has 1 aromatic heterocycles. The third-order valence-corrected chi connectivity index (χ3v) is 7.00. The predicted molar refractivity (Wildman–Crippen MR) is 133 cm³/mol. The zero-order valence-corrected chi connectivity index (χ0v) is 19.4. The number of carbonyl (C=O) groups is 2. The molecular weight excluding hydrogens is 430 g/mol. The summed E-state index contributed by atoms with van der Waals surface area (Å²) in [6, 6.07) is 25.0. The minimum atomic E-state index is -0.175. The molecule has 0 aliphatic carbocycles. The van der Waals surface area contributed by atoms with E-state index in [9.17, 15) is 9.59 Å². The van der Waals surface area contributed by atoms with Crippen molar-refractivity contribution in [1.82, 2.24) is 4.57 Å². The Balaban J connectivity index is 1.39. The zero-order chi connectivity index (χ0) is 23.1. The average molecular weight is 454 g/mol. The zero-order valence-electron chi connectivity index (χ0n) is 18.6. The highest BCUT2D eigenvalue weighted by Gasteiger charge is 2.24. The van der Waals surface area contributed by atoms with E-state index in [-0.39, 0.29) is 11.8 Å². The number of carbonyl (C=O) groups excluding carboxylic acids is 2. The van der Waals surface area contributed by atoms with Crippen molar-refractivity contribution in [2.45, 2.75) is 23.6 Å². The van der Waals surface area contributed by atoms with Crippen LogP contribution in [-0.2, 0) is 0 Å². The molecule has 5 nitrogen and oxygen atoms in total. The lowest BCUT2D eigenvalue weighted by molar-refractivity contribution is 0.0988. The molecule has 1 N–H and O–H groups in total. The predicted octanol–water partition coefficient (Wildman–Crippen LogP) is 6.09. The van der Waals surface area contributed by atoms with Crippen LogP contribution in [0.3, 0.4) is 0 Å². The molecular formula is C27H23N3O2S. The van der Waals surface area contributed by atoms with Gasteiger partial charge in [0.25, 0.3) is 11.8 Å². The van der Waals surface area contributed by atoms with E-state index in [1.54, 1.807) is 11.9 Å². The van der Waals surface area contributed by atoms with E-state index >= 15 is 0 Å². The van der Waals surface area contributed by atoms with Gasteiger partial charge in [0.15, 0.2) is 0 Å². The smallest absolute Gasteiger partial charge is 0.259 e. The maximum Gasteiger partial charge on any atom is 0.259 e. The quantitative estimate of drug-likeness (QED) is 0.409. The van der Waals surface area contributed by atoms with Gasteiger partial charge in [-0.05, 0) is 80.6 Å². The minimum absolute atomic E-state index is 0.0399. The summed E-state index contributed by atoms with van der Waals surface area (Å²) in [5.41, 5.74) is 6.10. The number of aromatic nitrogens is 1. The van der Waals surface area contributed by atoms with Gasteiger partial charge in [-0.25, -0.2) is 0 Å². The number of rotatable bonds is 3. The summed E-state index contributed by atoms with van der Waals surface area (Å²) in [7, 11) is 1.78. The monoisotopic (exact) mass is 453 g/mol. The Morgan fingerprint density at radius 2 is 1.55 bits per heavy atom. The largest absolute Gasteiger partial charge is 0.322 e. The fraction of sp³-hybridized carbons (Fsp3) is 0.111. The van der Waals surface area contributed by atoms with Gasteiger partial charge in [-0.15, -0.1) is 0 Å². The number of benzene rings is 3. The molecule has 0 unspecified atom stereocenters. The first-order valence-electron chi connectivity index (χ1n) is 10.7. The topological polar surface area (TPSA) is 54.3 Å². The van der Waals surface area contributed by atoms with Crippen LogP contribution in [0.25, 0.3) is 5.69 Å². The number of nitrogens with one attached hydrogen (secondary N) is 1. The van der Waals surface area contributed by atoms with Gasteiger partial charge in [-0.1, -0.05) is 23.9 Å². The molecule has 0 spiro atoms. The Labute approximate surface area is 197 Å². The number of amides is 2. The van der Waals surface area contributed by atoms with Crippen LogP contribution in [0, 0.1) is 13.8 Å². The third kappa shape index (κ3) is 3.83. The van der Waals surface area contributed by atoms with E-state index in [1.807, 2.05) is 66.7 Å². The van der Waals surface area contributed by atoms with Crippen molar-refractivity contribution in [2.24, 2.45) is 0 Å². The third-order valence-electron chi connectivity index (χ3n) is 5.88. The molecule has 164 valence electrons. The SMILES string of the molecule is Cc1ccc(C)n1-c1ccc(C(=O)Nc2ccc3c(c2)Sc2ccccc2C(=O)N3C)cc1. The van der Waals surface area contributed by atoms with Crippen molar-refractivity contribution in [2.75, 3.05) is 17.3 Å². The number of hydrogen-bond donors (Lipinski definition) is 1. The number of nitrogens with zero attached hydrogens (tertiary/aromatic N) is 2. The van der Waals surface area contributed by atoms with Crippen molar-refractivity contribution in [1.29, 1.82) is 0 Å². The number of aryl methyl sites for hydroxylation is 2. The molecule has 0 fully saturated rings. The number of fused-ring (bicyclic) bond motifs is 2. The van der Waals surface area contributed by atoms with Crippen LogP contribution in [0.4, 0.5) is 11.4 Å². The maximum atomic E-state index is 12.9. The van der Waals surface area contributed by atoms with Gasteiger partial charge in [0.1, 0.15) is 0 Å². The van der Waals surface area contributed by atoms with Crippen LogP contribution in [0.1, 0.15) is 32.1 Å². The highest BCUT2D eigenvalue weighted by Crippen LogP contribution is 2.42. The molecule has 2 heterocycles. The van der Waals surface area contributed by atoms with Crippen molar-refractivity contribution in [3.63, 3.8) is 0 Å². The van der Waals surface area contributed by atoms with Crippen molar-refractivity contribution in [3.8, 4) is 5.69 Å². The average Bonchev–Trinajstić information content (AvgIpc) is 3.11. The van der Waals surface area contributed by atoms with Gasteiger partial charge in [-0.2, -0.15) is 0 Å². The van der Waals surface area contributed by atoms with Crippen molar-refractivity contribution in [3.05, 3.63) is 101 Å². The van der Waals surface area contributed by atoms with E-state index < -0.39 is 0 Å². The van der Waals surface area contributed by atoms with Crippen LogP contribution in [-0.4, -0.2) is 23.4 Å². The highest BCUT2D eigenvalue weighted by atomic mass is 32.2. The molecule has 33 heavy (non-hydrogen) atoms. The minimum Gasteiger partial charge on any atom is -0.322 e. The van der Waals surface area contributed by atoms with Gasteiger partial charge in [-0.3, -0.25) is 9.59 Å². The summed E-state index contributed by atoms with van der Waals surface area (Å²) in [5, 5.41) is 2.99. The van der Waals surface area contributed by atoms with E-state index in [0.717, 1.165) is 32.6 Å². The molecule has 2 amide bonds. The Hall–Kier alpha value is -3.77. The lowest BCUT2D eigenvalue weighted by Crippen LogP contribution is -2.26. The highest BCUT2D eigenvalue weighted by molar-refractivity contribution is 7.99. The van der Waals surface area contributed by atoms with Crippen LogP contribution in [0.15, 0.2) is 88.7 Å². The van der Waals surface area contributed by atoms with Gasteiger partial charge < -0.3 is 14.8 Å². The molecule has 4 aromatic rings. The second-order valence-electron chi connectivity index (χ2n) is 8.10. The summed E-state index contributed by atoms with van der Waals surface area (Å²) < 4.78 is 2.15. The number of hydrogen-bond acceptors (Lipinski definition) is 3. The second kappa shape index (κ2) is 8.30. The fourth-order valence-electron chi connectivity index (χ4n) is 4.13. The van der Waals surface area contributed by atoms with Gasteiger partial charge in [0, 0.05) is 45.2 Å². The summed E-state index contributed by atoms with van der Waals surface area (Å²) in [6.45, 7) is 4.13. The van der Waals surface area contributed by atoms with Gasteiger partial charge >= 0.3 is 0 Å². The van der Waals surface area contributed by atoms with Gasteiger partial charge in [0.05, 0.1) is 11.3 Å². The summed E-state index contributed by atoms with van der Waals surface area (Å²) >= 11 is 1.53. The lowest BCUT2D eigenvalue weighted by Gasteiger charge is -2.18. The molecule has 5 rings (SSSR count). The molecule has 0 saturated carbocycles. The van der Waals surface area contributed by atoms with Gasteiger partial charge in [0.2, 0.25) is 0 Å². The van der Waals surface area contributed by atoms with Crippen LogP contribution >= 0.6 is 11.8 Å². The van der Waals surface area contributed by atoms with Crippen LogP contribution < -0.4 is 10.2 Å². The summed E-state index contributed by atoms with van der Waals surface area (Å²) in [5.74, 6) is -0.215. The fourth-order valence-corrected chi connectivity index (χ4v) is 5.28.